The minimum atomic E-state index is -0.583. The standard InChI is InChI=1S/C19H16BrN3O3/c1-12-4-2-3-5-16(12)23-19(25)14(10-21)8-13-6-7-17(15(20)9-13)26-11-18(22)24/h2-9H,11H2,1H3,(H2,22,24)(H,23,25)/b14-8+. The smallest absolute Gasteiger partial charge is 0.266 e. The lowest BCUT2D eigenvalue weighted by molar-refractivity contribution is -0.120. The van der Waals surface area contributed by atoms with E-state index in [-0.39, 0.29) is 12.2 Å². The highest BCUT2D eigenvalue weighted by Gasteiger charge is 2.11. The minimum absolute atomic E-state index is 0.0362. The van der Waals surface area contributed by atoms with E-state index in [1.54, 1.807) is 30.3 Å². The van der Waals surface area contributed by atoms with E-state index in [1.807, 2.05) is 25.1 Å². The third-order valence-corrected chi connectivity index (χ3v) is 4.01. The highest BCUT2D eigenvalue weighted by atomic mass is 79.9. The first-order valence-corrected chi connectivity index (χ1v) is 8.39. The molecule has 0 aromatic heterocycles. The molecule has 0 radical (unpaired) electrons. The zero-order valence-corrected chi connectivity index (χ0v) is 15.5. The molecule has 2 aromatic carbocycles. The summed E-state index contributed by atoms with van der Waals surface area (Å²) in [4.78, 5) is 23.1. The van der Waals surface area contributed by atoms with Crippen LogP contribution in [0.25, 0.3) is 6.08 Å². The van der Waals surface area contributed by atoms with Crippen LogP contribution in [-0.2, 0) is 9.59 Å². The Kier molecular flexibility index (Phi) is 6.53. The first-order chi connectivity index (χ1) is 12.4. The van der Waals surface area contributed by atoms with Crippen LogP contribution in [0.3, 0.4) is 0 Å². The fourth-order valence-corrected chi connectivity index (χ4v) is 2.60. The number of anilines is 1. The predicted octanol–water partition coefficient (Wildman–Crippen LogP) is 3.17. The van der Waals surface area contributed by atoms with Gasteiger partial charge in [0.15, 0.2) is 6.61 Å². The van der Waals surface area contributed by atoms with Crippen LogP contribution < -0.4 is 15.8 Å². The van der Waals surface area contributed by atoms with Gasteiger partial charge < -0.3 is 15.8 Å². The fraction of sp³-hybridized carbons (Fsp3) is 0.105. The Hall–Kier alpha value is -3.11. The summed E-state index contributed by atoms with van der Waals surface area (Å²) in [6.45, 7) is 1.63. The van der Waals surface area contributed by atoms with Gasteiger partial charge >= 0.3 is 0 Å². The second kappa shape index (κ2) is 8.83. The van der Waals surface area contributed by atoms with Gasteiger partial charge in [-0.3, -0.25) is 9.59 Å². The van der Waals surface area contributed by atoms with Crippen molar-refractivity contribution in [3.05, 3.63) is 63.6 Å². The van der Waals surface area contributed by atoms with Crippen LogP contribution in [0.1, 0.15) is 11.1 Å². The Labute approximate surface area is 159 Å². The van der Waals surface area contributed by atoms with Crippen molar-refractivity contribution < 1.29 is 14.3 Å². The molecule has 2 amide bonds. The van der Waals surface area contributed by atoms with E-state index in [2.05, 4.69) is 21.2 Å². The summed E-state index contributed by atoms with van der Waals surface area (Å²) in [5, 5.41) is 12.0. The summed E-state index contributed by atoms with van der Waals surface area (Å²) in [6.07, 6.45) is 1.47. The number of nitrogens with zero attached hydrogens (tertiary/aromatic N) is 1. The molecule has 0 aliphatic carbocycles. The number of para-hydroxylation sites is 1. The van der Waals surface area contributed by atoms with Crippen molar-refractivity contribution in [2.75, 3.05) is 11.9 Å². The van der Waals surface area contributed by atoms with Crippen LogP contribution in [0.5, 0.6) is 5.75 Å². The van der Waals surface area contributed by atoms with Gasteiger partial charge in [-0.2, -0.15) is 5.26 Å². The monoisotopic (exact) mass is 413 g/mol. The average molecular weight is 414 g/mol. The van der Waals surface area contributed by atoms with Crippen LogP contribution in [0.15, 0.2) is 52.5 Å². The Morgan fingerprint density at radius 1 is 1.31 bits per heavy atom. The maximum absolute atomic E-state index is 12.3. The van der Waals surface area contributed by atoms with Crippen molar-refractivity contribution in [2.24, 2.45) is 5.73 Å². The quantitative estimate of drug-likeness (QED) is 0.560. The van der Waals surface area contributed by atoms with Crippen molar-refractivity contribution in [3.8, 4) is 11.8 Å². The Morgan fingerprint density at radius 2 is 2.04 bits per heavy atom. The van der Waals surface area contributed by atoms with Crippen LogP contribution in [0.4, 0.5) is 5.69 Å². The molecule has 0 saturated heterocycles. The van der Waals surface area contributed by atoms with Gasteiger partial charge in [-0.25, -0.2) is 0 Å². The topological polar surface area (TPSA) is 105 Å². The second-order valence-electron chi connectivity index (χ2n) is 5.38. The minimum Gasteiger partial charge on any atom is -0.483 e. The third-order valence-electron chi connectivity index (χ3n) is 3.40. The summed E-state index contributed by atoms with van der Waals surface area (Å²) in [7, 11) is 0. The maximum atomic E-state index is 12.3. The highest BCUT2D eigenvalue weighted by Crippen LogP contribution is 2.27. The summed E-state index contributed by atoms with van der Waals surface area (Å²) >= 11 is 3.32. The number of halogens is 1. The number of benzene rings is 2. The zero-order chi connectivity index (χ0) is 19.1. The van der Waals surface area contributed by atoms with E-state index >= 15 is 0 Å². The molecule has 2 aromatic rings. The van der Waals surface area contributed by atoms with Crippen LogP contribution >= 0.6 is 15.9 Å². The molecule has 0 fully saturated rings. The molecule has 0 unspecified atom stereocenters. The predicted molar refractivity (Wildman–Crippen MR) is 102 cm³/mol. The number of hydrogen-bond donors (Lipinski definition) is 2. The number of nitrogens with one attached hydrogen (secondary N) is 1. The van der Waals surface area contributed by atoms with E-state index in [0.29, 0.717) is 21.5 Å². The van der Waals surface area contributed by atoms with Crippen LogP contribution in [-0.4, -0.2) is 18.4 Å². The number of rotatable bonds is 6. The largest absolute Gasteiger partial charge is 0.483 e. The molecule has 0 saturated carbocycles. The number of aryl methyl sites for hydroxylation is 1. The number of carbonyl (C=O) groups excluding carboxylic acids is 2. The van der Waals surface area contributed by atoms with E-state index in [0.717, 1.165) is 5.56 Å². The summed E-state index contributed by atoms with van der Waals surface area (Å²) in [6, 6.07) is 14.2. The lowest BCUT2D eigenvalue weighted by atomic mass is 10.1. The van der Waals surface area contributed by atoms with Gasteiger partial charge in [-0.15, -0.1) is 0 Å². The number of primary amides is 1. The average Bonchev–Trinajstić information content (AvgIpc) is 2.60. The normalized spacial score (nSPS) is 10.7. The number of nitriles is 1. The number of carbonyl (C=O) groups is 2. The molecule has 3 N–H and O–H groups in total. The lowest BCUT2D eigenvalue weighted by Crippen LogP contribution is -2.20. The number of amides is 2. The molecule has 0 spiro atoms. The Morgan fingerprint density at radius 3 is 2.65 bits per heavy atom. The summed E-state index contributed by atoms with van der Waals surface area (Å²) in [5.74, 6) is -0.642. The SMILES string of the molecule is Cc1ccccc1NC(=O)/C(C#N)=C/c1ccc(OCC(N)=O)c(Br)c1. The Balaban J connectivity index is 2.19. The molecule has 0 heterocycles. The van der Waals surface area contributed by atoms with Gasteiger partial charge in [0.05, 0.1) is 4.47 Å². The molecular formula is C19H16BrN3O3. The van der Waals surface area contributed by atoms with Crippen molar-refractivity contribution in [1.29, 1.82) is 5.26 Å². The van der Waals surface area contributed by atoms with Crippen LogP contribution in [0.2, 0.25) is 0 Å². The third kappa shape index (κ3) is 5.19. The van der Waals surface area contributed by atoms with Gasteiger partial charge in [-0.05, 0) is 58.3 Å². The van der Waals surface area contributed by atoms with Gasteiger partial charge in [0.2, 0.25) is 0 Å². The number of hydrogen-bond acceptors (Lipinski definition) is 4. The van der Waals surface area contributed by atoms with E-state index in [4.69, 9.17) is 10.5 Å². The molecule has 0 bridgehead atoms. The summed E-state index contributed by atoms with van der Waals surface area (Å²) < 4.78 is 5.81. The first-order valence-electron chi connectivity index (χ1n) is 7.60. The number of nitrogens with two attached hydrogens (primary N) is 1. The molecule has 132 valence electrons. The van der Waals surface area contributed by atoms with E-state index < -0.39 is 11.8 Å². The van der Waals surface area contributed by atoms with E-state index in [1.165, 1.54) is 6.08 Å². The molecule has 0 aliphatic heterocycles. The van der Waals surface area contributed by atoms with Crippen molar-refractivity contribution in [2.45, 2.75) is 6.92 Å². The fourth-order valence-electron chi connectivity index (χ4n) is 2.09. The van der Waals surface area contributed by atoms with Gasteiger partial charge in [-0.1, -0.05) is 24.3 Å². The van der Waals surface area contributed by atoms with Crippen LogP contribution in [0, 0.1) is 18.3 Å². The lowest BCUT2D eigenvalue weighted by Gasteiger charge is -2.08. The molecule has 26 heavy (non-hydrogen) atoms. The van der Waals surface area contributed by atoms with Gasteiger partial charge in [0.25, 0.3) is 11.8 Å². The molecule has 0 atom stereocenters. The second-order valence-corrected chi connectivity index (χ2v) is 6.24. The Bertz CT molecular complexity index is 916. The first kappa shape index (κ1) is 19.2. The maximum Gasteiger partial charge on any atom is 0.266 e. The van der Waals surface area contributed by atoms with E-state index in [9.17, 15) is 14.9 Å². The molecular weight excluding hydrogens is 398 g/mol. The molecule has 0 aliphatic rings. The zero-order valence-electron chi connectivity index (χ0n) is 14.0. The highest BCUT2D eigenvalue weighted by molar-refractivity contribution is 9.10. The van der Waals surface area contributed by atoms with Crippen molar-refractivity contribution in [3.63, 3.8) is 0 Å². The van der Waals surface area contributed by atoms with Crippen molar-refractivity contribution >= 4 is 39.5 Å². The van der Waals surface area contributed by atoms with Gasteiger partial charge in [0, 0.05) is 5.69 Å². The molecule has 7 heteroatoms. The van der Waals surface area contributed by atoms with Crippen molar-refractivity contribution in [1.82, 2.24) is 0 Å². The molecule has 6 nitrogen and oxygen atoms in total. The number of ether oxygens (including phenoxy) is 1. The van der Waals surface area contributed by atoms with Gasteiger partial charge in [0.1, 0.15) is 17.4 Å². The molecule has 2 rings (SSSR count). The summed E-state index contributed by atoms with van der Waals surface area (Å²) in [5.41, 5.74) is 7.18.